The van der Waals surface area contributed by atoms with Gasteiger partial charge in [0.05, 0.1) is 5.56 Å². The highest BCUT2D eigenvalue weighted by Crippen LogP contribution is 2.24. The first-order valence-corrected chi connectivity index (χ1v) is 10.7. The molecule has 0 atom stereocenters. The molecule has 0 unspecified atom stereocenters. The number of carbonyl (C=O) groups excluding carboxylic acids is 3. The zero-order valence-electron chi connectivity index (χ0n) is 16.9. The monoisotopic (exact) mass is 470 g/mol. The van der Waals surface area contributed by atoms with Crippen LogP contribution in [0.15, 0.2) is 66.0 Å². The van der Waals surface area contributed by atoms with E-state index in [0.29, 0.717) is 32.7 Å². The second kappa shape index (κ2) is 11.1. The lowest BCUT2D eigenvalue weighted by Crippen LogP contribution is -2.44. The van der Waals surface area contributed by atoms with Crippen LogP contribution < -0.4 is 21.5 Å². The normalized spacial score (nSPS) is 10.2. The first-order valence-electron chi connectivity index (χ1n) is 9.34. The maximum atomic E-state index is 12.6. The average Bonchev–Trinajstić information content (AvgIpc) is 2.82. The smallest absolute Gasteiger partial charge is 0.337 e. The minimum atomic E-state index is -0.614. The van der Waals surface area contributed by atoms with Crippen LogP contribution in [0.2, 0.25) is 5.02 Å². The molecule has 0 fully saturated rings. The molecular formula is C21H19ClN6O3S. The minimum absolute atomic E-state index is 0.280. The highest BCUT2D eigenvalue weighted by atomic mass is 35.5. The maximum Gasteiger partial charge on any atom is 0.337 e. The van der Waals surface area contributed by atoms with E-state index >= 15 is 0 Å². The molecule has 0 aliphatic carbocycles. The van der Waals surface area contributed by atoms with Gasteiger partial charge in [-0.1, -0.05) is 11.6 Å². The SMILES string of the molecule is CNC(=O)c1cc(CSc2ncccc2C(=O)NNC(=O)Nc2ccc(Cl)cc2)ccn1. The Labute approximate surface area is 193 Å². The molecule has 164 valence electrons. The van der Waals surface area contributed by atoms with Gasteiger partial charge in [-0.15, -0.1) is 11.8 Å². The van der Waals surface area contributed by atoms with E-state index in [9.17, 15) is 14.4 Å². The average molecular weight is 471 g/mol. The Balaban J connectivity index is 1.59. The van der Waals surface area contributed by atoms with Crippen molar-refractivity contribution in [3.8, 4) is 0 Å². The van der Waals surface area contributed by atoms with Gasteiger partial charge in [0, 0.05) is 35.9 Å². The number of nitrogens with zero attached hydrogens (tertiary/aromatic N) is 2. The Morgan fingerprint density at radius 3 is 2.50 bits per heavy atom. The fourth-order valence-corrected chi connectivity index (χ4v) is 3.58. The molecule has 32 heavy (non-hydrogen) atoms. The number of urea groups is 1. The van der Waals surface area contributed by atoms with Crippen molar-refractivity contribution in [2.45, 2.75) is 10.8 Å². The number of pyridine rings is 2. The predicted octanol–water partition coefficient (Wildman–Crippen LogP) is 3.25. The number of rotatable bonds is 6. The molecule has 1 aromatic carbocycles. The molecular weight excluding hydrogens is 452 g/mol. The highest BCUT2D eigenvalue weighted by Gasteiger charge is 2.14. The third-order valence-electron chi connectivity index (χ3n) is 4.07. The number of amides is 4. The van der Waals surface area contributed by atoms with Crippen LogP contribution in [-0.2, 0) is 5.75 Å². The fraction of sp³-hybridized carbons (Fsp3) is 0.0952. The molecule has 3 aromatic rings. The summed E-state index contributed by atoms with van der Waals surface area (Å²) in [4.78, 5) is 44.6. The molecule has 0 saturated carbocycles. The third kappa shape index (κ3) is 6.43. The summed E-state index contributed by atoms with van der Waals surface area (Å²) in [6.45, 7) is 0. The number of nitrogens with one attached hydrogen (secondary N) is 4. The number of aromatic nitrogens is 2. The van der Waals surface area contributed by atoms with Gasteiger partial charge in [-0.25, -0.2) is 15.2 Å². The molecule has 0 aliphatic heterocycles. The molecule has 3 rings (SSSR count). The van der Waals surface area contributed by atoms with Crippen molar-refractivity contribution in [2.24, 2.45) is 0 Å². The lowest BCUT2D eigenvalue weighted by molar-refractivity contribution is 0.0932. The predicted molar refractivity (Wildman–Crippen MR) is 122 cm³/mol. The summed E-state index contributed by atoms with van der Waals surface area (Å²) in [5.41, 5.74) is 6.63. The first kappa shape index (κ1) is 23.0. The minimum Gasteiger partial charge on any atom is -0.354 e. The van der Waals surface area contributed by atoms with E-state index < -0.39 is 11.9 Å². The van der Waals surface area contributed by atoms with E-state index in [4.69, 9.17) is 11.6 Å². The fourth-order valence-electron chi connectivity index (χ4n) is 2.52. The van der Waals surface area contributed by atoms with Crippen LogP contribution in [0, 0.1) is 0 Å². The summed E-state index contributed by atoms with van der Waals surface area (Å²) in [6, 6.07) is 12.6. The van der Waals surface area contributed by atoms with Crippen LogP contribution in [0.4, 0.5) is 10.5 Å². The standard InChI is InChI=1S/C21H19ClN6O3S/c1-23-19(30)17-11-13(8-10-24-17)12-32-20-16(3-2-9-25-20)18(29)27-28-21(31)26-15-6-4-14(22)5-7-15/h2-11H,12H2,1H3,(H,23,30)(H,27,29)(H2,26,28,31). The van der Waals surface area contributed by atoms with Crippen LogP contribution in [0.1, 0.15) is 26.4 Å². The van der Waals surface area contributed by atoms with Crippen molar-refractivity contribution >= 4 is 46.9 Å². The lowest BCUT2D eigenvalue weighted by Gasteiger charge is -2.11. The Hall–Kier alpha value is -3.63. The quantitative estimate of drug-likeness (QED) is 0.324. The highest BCUT2D eigenvalue weighted by molar-refractivity contribution is 7.98. The molecule has 4 N–H and O–H groups in total. The second-order valence-corrected chi connectivity index (χ2v) is 7.71. The Morgan fingerprint density at radius 2 is 1.75 bits per heavy atom. The van der Waals surface area contributed by atoms with Crippen molar-refractivity contribution in [3.05, 3.63) is 82.8 Å². The van der Waals surface area contributed by atoms with Crippen molar-refractivity contribution in [1.82, 2.24) is 26.1 Å². The summed E-state index contributed by atoms with van der Waals surface area (Å²) in [5, 5.41) is 6.12. The van der Waals surface area contributed by atoms with E-state index in [1.54, 1.807) is 60.9 Å². The summed E-state index contributed by atoms with van der Waals surface area (Å²) >= 11 is 7.13. The summed E-state index contributed by atoms with van der Waals surface area (Å²) in [7, 11) is 1.54. The topological polar surface area (TPSA) is 125 Å². The molecule has 4 amide bonds. The van der Waals surface area contributed by atoms with Crippen LogP contribution in [0.5, 0.6) is 0 Å². The first-order chi connectivity index (χ1) is 15.5. The molecule has 0 radical (unpaired) electrons. The maximum absolute atomic E-state index is 12.6. The van der Waals surface area contributed by atoms with Crippen molar-refractivity contribution in [3.63, 3.8) is 0 Å². The van der Waals surface area contributed by atoms with Crippen LogP contribution in [-0.4, -0.2) is 34.9 Å². The summed E-state index contributed by atoms with van der Waals surface area (Å²) in [6.07, 6.45) is 3.12. The molecule has 2 aromatic heterocycles. The van der Waals surface area contributed by atoms with Gasteiger partial charge >= 0.3 is 6.03 Å². The van der Waals surface area contributed by atoms with Gasteiger partial charge in [0.1, 0.15) is 10.7 Å². The lowest BCUT2D eigenvalue weighted by atomic mass is 10.2. The molecule has 0 bridgehead atoms. The molecule has 9 nitrogen and oxygen atoms in total. The van der Waals surface area contributed by atoms with E-state index in [1.165, 1.54) is 18.8 Å². The number of anilines is 1. The van der Waals surface area contributed by atoms with Crippen LogP contribution in [0.25, 0.3) is 0 Å². The van der Waals surface area contributed by atoms with E-state index in [1.807, 2.05) is 0 Å². The molecule has 11 heteroatoms. The van der Waals surface area contributed by atoms with Gasteiger partial charge < -0.3 is 10.6 Å². The van der Waals surface area contributed by atoms with Crippen molar-refractivity contribution in [1.29, 1.82) is 0 Å². The summed E-state index contributed by atoms with van der Waals surface area (Å²) < 4.78 is 0. The van der Waals surface area contributed by atoms with E-state index in [2.05, 4.69) is 31.5 Å². The zero-order chi connectivity index (χ0) is 22.9. The number of thioether (sulfide) groups is 1. The van der Waals surface area contributed by atoms with Gasteiger partial charge in [-0.05, 0) is 54.1 Å². The zero-order valence-corrected chi connectivity index (χ0v) is 18.5. The van der Waals surface area contributed by atoms with Crippen LogP contribution in [0.3, 0.4) is 0 Å². The number of hydrazine groups is 1. The van der Waals surface area contributed by atoms with Gasteiger partial charge in [-0.2, -0.15) is 0 Å². The number of hydrogen-bond donors (Lipinski definition) is 4. The van der Waals surface area contributed by atoms with Gasteiger partial charge in [-0.3, -0.25) is 20.0 Å². The molecule has 0 aliphatic rings. The summed E-state index contributed by atoms with van der Waals surface area (Å²) in [5.74, 6) is -0.334. The molecule has 2 heterocycles. The number of carbonyl (C=O) groups is 3. The largest absolute Gasteiger partial charge is 0.354 e. The Bertz CT molecular complexity index is 1130. The number of hydrogen-bond acceptors (Lipinski definition) is 6. The number of halogens is 1. The molecule has 0 spiro atoms. The van der Waals surface area contributed by atoms with Gasteiger partial charge in [0.25, 0.3) is 11.8 Å². The third-order valence-corrected chi connectivity index (χ3v) is 5.40. The Morgan fingerprint density at radius 1 is 0.969 bits per heavy atom. The Kier molecular flexibility index (Phi) is 8.01. The number of benzene rings is 1. The van der Waals surface area contributed by atoms with Gasteiger partial charge in [0.2, 0.25) is 0 Å². The van der Waals surface area contributed by atoms with Crippen LogP contribution >= 0.6 is 23.4 Å². The van der Waals surface area contributed by atoms with Gasteiger partial charge in [0.15, 0.2) is 0 Å². The van der Waals surface area contributed by atoms with Crippen molar-refractivity contribution in [2.75, 3.05) is 12.4 Å². The van der Waals surface area contributed by atoms with E-state index in [-0.39, 0.29) is 5.91 Å². The molecule has 0 saturated heterocycles. The van der Waals surface area contributed by atoms with E-state index in [0.717, 1.165) is 5.56 Å². The second-order valence-electron chi connectivity index (χ2n) is 6.31. The van der Waals surface area contributed by atoms with Crippen molar-refractivity contribution < 1.29 is 14.4 Å².